The first kappa shape index (κ1) is 12.5. The molecule has 3 heteroatoms. The Morgan fingerprint density at radius 1 is 1.53 bits per heavy atom. The van der Waals surface area contributed by atoms with Crippen LogP contribution in [0.2, 0.25) is 0 Å². The standard InChI is InChI=1S/C12H24N2O/c1-7-12(6)10(15)14(8-13-12)9(2)11(3,4)5/h9,13H,7-8H2,1-6H3. The monoisotopic (exact) mass is 212 g/mol. The summed E-state index contributed by atoms with van der Waals surface area (Å²) in [6.45, 7) is 13.4. The van der Waals surface area contributed by atoms with E-state index in [1.165, 1.54) is 0 Å². The summed E-state index contributed by atoms with van der Waals surface area (Å²) in [4.78, 5) is 14.2. The number of nitrogens with zero attached hydrogens (tertiary/aromatic N) is 1. The van der Waals surface area contributed by atoms with Gasteiger partial charge in [0.2, 0.25) is 5.91 Å². The minimum atomic E-state index is -0.348. The molecule has 1 aliphatic rings. The lowest BCUT2D eigenvalue weighted by Gasteiger charge is -2.35. The third-order valence-corrected chi connectivity index (χ3v) is 3.80. The van der Waals surface area contributed by atoms with Crippen LogP contribution in [0.1, 0.15) is 48.0 Å². The summed E-state index contributed by atoms with van der Waals surface area (Å²) in [5.74, 6) is 0.243. The Hall–Kier alpha value is -0.570. The average Bonchev–Trinajstić information content (AvgIpc) is 2.42. The molecule has 0 aromatic rings. The van der Waals surface area contributed by atoms with Crippen molar-refractivity contribution < 1.29 is 4.79 Å². The van der Waals surface area contributed by atoms with Crippen molar-refractivity contribution >= 4 is 5.91 Å². The Morgan fingerprint density at radius 3 is 2.40 bits per heavy atom. The maximum atomic E-state index is 12.2. The summed E-state index contributed by atoms with van der Waals surface area (Å²) < 4.78 is 0. The second kappa shape index (κ2) is 3.78. The van der Waals surface area contributed by atoms with E-state index in [4.69, 9.17) is 0 Å². The first-order chi connectivity index (χ1) is 6.72. The van der Waals surface area contributed by atoms with E-state index < -0.39 is 0 Å². The Balaban J connectivity index is 2.81. The third kappa shape index (κ3) is 2.17. The van der Waals surface area contributed by atoms with Crippen molar-refractivity contribution in [3.63, 3.8) is 0 Å². The fraction of sp³-hybridized carbons (Fsp3) is 0.917. The molecule has 0 bridgehead atoms. The Bertz CT molecular complexity index is 257. The number of carbonyl (C=O) groups excluding carboxylic acids is 1. The molecule has 1 rings (SSSR count). The van der Waals surface area contributed by atoms with Crippen LogP contribution in [-0.4, -0.2) is 29.1 Å². The van der Waals surface area contributed by atoms with E-state index in [1.807, 2.05) is 11.8 Å². The number of nitrogens with one attached hydrogen (secondary N) is 1. The van der Waals surface area contributed by atoms with E-state index in [2.05, 4.69) is 39.9 Å². The van der Waals surface area contributed by atoms with Gasteiger partial charge in [-0.15, -0.1) is 0 Å². The lowest BCUT2D eigenvalue weighted by atomic mass is 9.86. The van der Waals surface area contributed by atoms with Gasteiger partial charge in [-0.3, -0.25) is 10.1 Å². The molecule has 1 N–H and O–H groups in total. The predicted molar refractivity (Wildman–Crippen MR) is 62.5 cm³/mol. The molecule has 0 spiro atoms. The largest absolute Gasteiger partial charge is 0.325 e. The normalized spacial score (nSPS) is 29.7. The highest BCUT2D eigenvalue weighted by Crippen LogP contribution is 2.29. The summed E-state index contributed by atoms with van der Waals surface area (Å²) >= 11 is 0. The molecule has 0 aromatic heterocycles. The Morgan fingerprint density at radius 2 is 2.07 bits per heavy atom. The zero-order valence-corrected chi connectivity index (χ0v) is 10.8. The summed E-state index contributed by atoms with van der Waals surface area (Å²) in [7, 11) is 0. The van der Waals surface area contributed by atoms with Crippen LogP contribution in [0.5, 0.6) is 0 Å². The number of carbonyl (C=O) groups is 1. The van der Waals surface area contributed by atoms with Crippen molar-refractivity contribution in [3.8, 4) is 0 Å². The van der Waals surface area contributed by atoms with Gasteiger partial charge in [0, 0.05) is 6.04 Å². The summed E-state index contributed by atoms with van der Waals surface area (Å²) in [5.41, 5.74) is -0.212. The number of hydrogen-bond donors (Lipinski definition) is 1. The van der Waals surface area contributed by atoms with Crippen molar-refractivity contribution in [1.29, 1.82) is 0 Å². The van der Waals surface area contributed by atoms with Gasteiger partial charge < -0.3 is 4.90 Å². The second-order valence-electron chi connectivity index (χ2n) is 5.84. The maximum absolute atomic E-state index is 12.2. The average molecular weight is 212 g/mol. The van der Waals surface area contributed by atoms with Crippen molar-refractivity contribution in [3.05, 3.63) is 0 Å². The molecule has 1 saturated heterocycles. The molecule has 15 heavy (non-hydrogen) atoms. The van der Waals surface area contributed by atoms with Gasteiger partial charge in [-0.2, -0.15) is 0 Å². The fourth-order valence-electron chi connectivity index (χ4n) is 1.78. The minimum Gasteiger partial charge on any atom is -0.325 e. The van der Waals surface area contributed by atoms with Crippen LogP contribution >= 0.6 is 0 Å². The molecule has 1 heterocycles. The Kier molecular flexibility index (Phi) is 3.15. The first-order valence-electron chi connectivity index (χ1n) is 5.78. The summed E-state index contributed by atoms with van der Waals surface area (Å²) in [6, 6.07) is 0.269. The van der Waals surface area contributed by atoms with Crippen LogP contribution in [0, 0.1) is 5.41 Å². The zero-order chi connectivity index (χ0) is 11.9. The number of amides is 1. The number of hydrogen-bond acceptors (Lipinski definition) is 2. The van der Waals surface area contributed by atoms with Crippen molar-refractivity contribution in [2.45, 2.75) is 59.5 Å². The van der Waals surface area contributed by atoms with Crippen LogP contribution in [-0.2, 0) is 4.79 Å². The molecule has 0 aliphatic carbocycles. The SMILES string of the molecule is CCC1(C)NCN(C(C)C(C)(C)C)C1=O. The predicted octanol–water partition coefficient (Wildman–Crippen LogP) is 1.98. The highest BCUT2D eigenvalue weighted by Gasteiger charge is 2.44. The van der Waals surface area contributed by atoms with Gasteiger partial charge >= 0.3 is 0 Å². The smallest absolute Gasteiger partial charge is 0.243 e. The van der Waals surface area contributed by atoms with Gasteiger partial charge in [0.15, 0.2) is 0 Å². The Labute approximate surface area is 93.2 Å². The van der Waals surface area contributed by atoms with Crippen molar-refractivity contribution in [2.75, 3.05) is 6.67 Å². The van der Waals surface area contributed by atoms with Crippen LogP contribution in [0.3, 0.4) is 0 Å². The number of rotatable bonds is 2. The molecule has 2 unspecified atom stereocenters. The van der Waals surface area contributed by atoms with Crippen LogP contribution < -0.4 is 5.32 Å². The lowest BCUT2D eigenvalue weighted by molar-refractivity contribution is -0.135. The van der Waals surface area contributed by atoms with Gasteiger partial charge in [-0.25, -0.2) is 0 Å². The van der Waals surface area contributed by atoms with E-state index in [9.17, 15) is 4.79 Å². The molecule has 1 aliphatic heterocycles. The highest BCUT2D eigenvalue weighted by molar-refractivity contribution is 5.88. The van der Waals surface area contributed by atoms with Gasteiger partial charge in [0.1, 0.15) is 0 Å². The van der Waals surface area contributed by atoms with Crippen LogP contribution in [0.25, 0.3) is 0 Å². The molecule has 0 saturated carbocycles. The first-order valence-corrected chi connectivity index (χ1v) is 5.78. The molecule has 2 atom stereocenters. The van der Waals surface area contributed by atoms with Gasteiger partial charge in [0.25, 0.3) is 0 Å². The summed E-state index contributed by atoms with van der Waals surface area (Å²) in [5, 5.41) is 3.31. The van der Waals surface area contributed by atoms with Crippen LogP contribution in [0.15, 0.2) is 0 Å². The van der Waals surface area contributed by atoms with E-state index >= 15 is 0 Å². The zero-order valence-electron chi connectivity index (χ0n) is 10.8. The molecule has 1 amide bonds. The van der Waals surface area contributed by atoms with E-state index in [0.717, 1.165) is 6.42 Å². The lowest BCUT2D eigenvalue weighted by Crippen LogP contribution is -2.47. The molecule has 0 aromatic carbocycles. The molecule has 0 radical (unpaired) electrons. The molecule has 1 fully saturated rings. The van der Waals surface area contributed by atoms with E-state index in [0.29, 0.717) is 6.67 Å². The van der Waals surface area contributed by atoms with Gasteiger partial charge in [0.05, 0.1) is 12.2 Å². The highest BCUT2D eigenvalue weighted by atomic mass is 16.2. The molecular weight excluding hydrogens is 188 g/mol. The van der Waals surface area contributed by atoms with Crippen molar-refractivity contribution in [2.24, 2.45) is 5.41 Å². The molecule has 3 nitrogen and oxygen atoms in total. The minimum absolute atomic E-state index is 0.135. The maximum Gasteiger partial charge on any atom is 0.243 e. The topological polar surface area (TPSA) is 32.3 Å². The van der Waals surface area contributed by atoms with Gasteiger partial charge in [-0.1, -0.05) is 27.7 Å². The second-order valence-corrected chi connectivity index (χ2v) is 5.84. The van der Waals surface area contributed by atoms with Crippen molar-refractivity contribution in [1.82, 2.24) is 10.2 Å². The van der Waals surface area contributed by atoms with E-state index in [1.54, 1.807) is 0 Å². The quantitative estimate of drug-likeness (QED) is 0.759. The van der Waals surface area contributed by atoms with Gasteiger partial charge in [-0.05, 0) is 25.7 Å². The fourth-order valence-corrected chi connectivity index (χ4v) is 1.78. The third-order valence-electron chi connectivity index (χ3n) is 3.80. The molecule has 88 valence electrons. The van der Waals surface area contributed by atoms with Crippen LogP contribution in [0.4, 0.5) is 0 Å². The molecular formula is C12H24N2O. The van der Waals surface area contributed by atoms with E-state index in [-0.39, 0.29) is 22.9 Å². The summed E-state index contributed by atoms with van der Waals surface area (Å²) in [6.07, 6.45) is 0.846.